The van der Waals surface area contributed by atoms with E-state index in [2.05, 4.69) is 6.07 Å². The number of hydrogen-bond acceptors (Lipinski definition) is 7. The quantitative estimate of drug-likeness (QED) is 0.171. The summed E-state index contributed by atoms with van der Waals surface area (Å²) in [6, 6.07) is 18.2. The van der Waals surface area contributed by atoms with Gasteiger partial charge in [-0.2, -0.15) is 25.4 Å². The van der Waals surface area contributed by atoms with E-state index in [1.165, 1.54) is 11.8 Å². The Morgan fingerprint density at radius 2 is 1.93 bits per heavy atom. The van der Waals surface area contributed by atoms with E-state index >= 15 is 0 Å². The van der Waals surface area contributed by atoms with E-state index in [1.807, 2.05) is 53.9 Å². The normalized spacial score (nSPS) is 11.3. The van der Waals surface area contributed by atoms with E-state index in [9.17, 15) is 13.7 Å². The van der Waals surface area contributed by atoms with Gasteiger partial charge in [0.25, 0.3) is 10.1 Å². The van der Waals surface area contributed by atoms with Crippen LogP contribution in [0.3, 0.4) is 0 Å². The lowest BCUT2D eigenvalue weighted by atomic mass is 10.0. The van der Waals surface area contributed by atoms with Crippen molar-refractivity contribution >= 4 is 45.0 Å². The lowest BCUT2D eigenvalue weighted by molar-refractivity contribution is 0.481. The SMILES string of the molecule is N#Cc1c(-c2ccccc2)cc(-c2cccs2)nc1SCSCCCCS(=O)(=O)O. The molecule has 3 aromatic rings. The molecule has 0 fully saturated rings. The molecule has 2 aromatic heterocycles. The van der Waals surface area contributed by atoms with Gasteiger partial charge in [0.2, 0.25) is 0 Å². The van der Waals surface area contributed by atoms with E-state index in [0.29, 0.717) is 28.5 Å². The van der Waals surface area contributed by atoms with Crippen molar-refractivity contribution in [3.8, 4) is 27.8 Å². The van der Waals surface area contributed by atoms with Crippen LogP contribution in [0.25, 0.3) is 21.7 Å². The zero-order chi connectivity index (χ0) is 21.4. The summed E-state index contributed by atoms with van der Waals surface area (Å²) in [5.74, 6) is 0.574. The van der Waals surface area contributed by atoms with Crippen LogP contribution >= 0.6 is 34.9 Å². The third kappa shape index (κ3) is 6.59. The molecule has 30 heavy (non-hydrogen) atoms. The summed E-state index contributed by atoms with van der Waals surface area (Å²) in [7, 11) is -3.89. The second-order valence-corrected chi connectivity index (χ2v) is 11.3. The van der Waals surface area contributed by atoms with E-state index < -0.39 is 10.1 Å². The smallest absolute Gasteiger partial charge is 0.264 e. The van der Waals surface area contributed by atoms with E-state index in [1.54, 1.807) is 23.1 Å². The van der Waals surface area contributed by atoms with Gasteiger partial charge in [0.05, 0.1) is 21.9 Å². The number of thiophene rings is 1. The van der Waals surface area contributed by atoms with Crippen molar-refractivity contribution in [2.24, 2.45) is 0 Å². The molecule has 0 amide bonds. The summed E-state index contributed by atoms with van der Waals surface area (Å²) in [6.45, 7) is 0. The Kier molecular flexibility index (Phi) is 8.36. The predicted molar refractivity (Wildman–Crippen MR) is 127 cm³/mol. The number of nitrogens with zero attached hydrogens (tertiary/aromatic N) is 2. The van der Waals surface area contributed by atoms with Crippen molar-refractivity contribution in [2.75, 3.05) is 16.6 Å². The molecule has 0 aliphatic carbocycles. The van der Waals surface area contributed by atoms with Gasteiger partial charge in [-0.15, -0.1) is 11.3 Å². The van der Waals surface area contributed by atoms with Crippen LogP contribution in [0.15, 0.2) is 58.9 Å². The number of pyridine rings is 1. The van der Waals surface area contributed by atoms with Crippen molar-refractivity contribution in [3.05, 3.63) is 59.5 Å². The van der Waals surface area contributed by atoms with Crippen LogP contribution in [0.4, 0.5) is 0 Å². The molecule has 1 aromatic carbocycles. The summed E-state index contributed by atoms with van der Waals surface area (Å²) in [5, 5.41) is 13.3. The van der Waals surface area contributed by atoms with Crippen LogP contribution in [0, 0.1) is 11.3 Å². The highest BCUT2D eigenvalue weighted by Crippen LogP contribution is 2.36. The van der Waals surface area contributed by atoms with Gasteiger partial charge in [-0.05, 0) is 41.7 Å². The summed E-state index contributed by atoms with van der Waals surface area (Å²) >= 11 is 4.80. The molecule has 2 heterocycles. The molecule has 156 valence electrons. The summed E-state index contributed by atoms with van der Waals surface area (Å²) in [5.41, 5.74) is 3.27. The first kappa shape index (κ1) is 22.8. The second-order valence-electron chi connectivity index (χ2n) is 6.35. The molecule has 0 saturated heterocycles. The minimum absolute atomic E-state index is 0.204. The summed E-state index contributed by atoms with van der Waals surface area (Å²) < 4.78 is 30.3. The fourth-order valence-corrected chi connectivity index (χ4v) is 6.15. The highest BCUT2D eigenvalue weighted by molar-refractivity contribution is 8.16. The molecule has 9 heteroatoms. The Bertz CT molecular complexity index is 1110. The Balaban J connectivity index is 1.76. The van der Waals surface area contributed by atoms with E-state index in [4.69, 9.17) is 9.54 Å². The number of aromatic nitrogens is 1. The van der Waals surface area contributed by atoms with E-state index in [-0.39, 0.29) is 5.75 Å². The van der Waals surface area contributed by atoms with Gasteiger partial charge in [-0.25, -0.2) is 4.98 Å². The number of nitriles is 1. The van der Waals surface area contributed by atoms with Gasteiger partial charge >= 0.3 is 0 Å². The van der Waals surface area contributed by atoms with Crippen LogP contribution in [0.5, 0.6) is 0 Å². The second kappa shape index (κ2) is 11.0. The lowest BCUT2D eigenvalue weighted by Gasteiger charge is -2.11. The van der Waals surface area contributed by atoms with Gasteiger partial charge in [0, 0.05) is 10.6 Å². The largest absolute Gasteiger partial charge is 0.286 e. The molecule has 3 rings (SSSR count). The van der Waals surface area contributed by atoms with Crippen LogP contribution in [0.1, 0.15) is 18.4 Å². The maximum absolute atomic E-state index is 10.8. The van der Waals surface area contributed by atoms with E-state index in [0.717, 1.165) is 27.5 Å². The Morgan fingerprint density at radius 3 is 2.60 bits per heavy atom. The fourth-order valence-electron chi connectivity index (χ4n) is 2.78. The van der Waals surface area contributed by atoms with Crippen molar-refractivity contribution in [3.63, 3.8) is 0 Å². The van der Waals surface area contributed by atoms with Crippen molar-refractivity contribution in [1.29, 1.82) is 5.26 Å². The van der Waals surface area contributed by atoms with Gasteiger partial charge in [0.15, 0.2) is 0 Å². The van der Waals surface area contributed by atoms with Crippen LogP contribution in [-0.4, -0.2) is 34.5 Å². The van der Waals surface area contributed by atoms with Crippen LogP contribution in [0.2, 0.25) is 0 Å². The molecule has 0 aliphatic heterocycles. The Hall–Kier alpha value is -1.83. The van der Waals surface area contributed by atoms with Gasteiger partial charge < -0.3 is 0 Å². The molecular formula is C21H20N2O3S4. The molecule has 0 aliphatic rings. The average molecular weight is 477 g/mol. The van der Waals surface area contributed by atoms with Gasteiger partial charge in [0.1, 0.15) is 11.1 Å². The number of rotatable bonds is 10. The number of hydrogen-bond donors (Lipinski definition) is 1. The topological polar surface area (TPSA) is 91.0 Å². The lowest BCUT2D eigenvalue weighted by Crippen LogP contribution is -2.03. The maximum Gasteiger partial charge on any atom is 0.264 e. The molecule has 0 bridgehead atoms. The Labute approximate surface area is 189 Å². The zero-order valence-electron chi connectivity index (χ0n) is 16.0. The molecule has 0 saturated carbocycles. The monoisotopic (exact) mass is 476 g/mol. The zero-order valence-corrected chi connectivity index (χ0v) is 19.3. The third-order valence-corrected chi connectivity index (χ3v) is 8.16. The highest BCUT2D eigenvalue weighted by Gasteiger charge is 2.16. The van der Waals surface area contributed by atoms with Crippen LogP contribution < -0.4 is 0 Å². The minimum Gasteiger partial charge on any atom is -0.286 e. The molecular weight excluding hydrogens is 457 g/mol. The van der Waals surface area contributed by atoms with Crippen molar-refractivity contribution < 1.29 is 13.0 Å². The number of unbranched alkanes of at least 4 members (excludes halogenated alkanes) is 1. The van der Waals surface area contributed by atoms with Crippen LogP contribution in [-0.2, 0) is 10.1 Å². The Morgan fingerprint density at radius 1 is 1.13 bits per heavy atom. The molecule has 0 radical (unpaired) electrons. The number of thioether (sulfide) groups is 2. The number of benzene rings is 1. The van der Waals surface area contributed by atoms with Gasteiger partial charge in [-0.1, -0.05) is 48.2 Å². The standard InChI is InChI=1S/C21H20N2O3S4/c22-14-18-17(16-7-2-1-3-8-16)13-19(20-9-6-11-28-20)23-21(18)29-15-27-10-4-5-12-30(24,25)26/h1-3,6-9,11,13H,4-5,10,12,15H2,(H,24,25,26). The first-order valence-electron chi connectivity index (χ1n) is 9.18. The first-order valence-corrected chi connectivity index (χ1v) is 13.8. The molecule has 0 atom stereocenters. The molecule has 0 unspecified atom stereocenters. The van der Waals surface area contributed by atoms with Gasteiger partial charge in [-0.3, -0.25) is 4.55 Å². The maximum atomic E-state index is 10.8. The fraction of sp³-hybridized carbons (Fsp3) is 0.238. The average Bonchev–Trinajstić information content (AvgIpc) is 3.27. The molecule has 5 nitrogen and oxygen atoms in total. The van der Waals surface area contributed by atoms with Crippen molar-refractivity contribution in [2.45, 2.75) is 17.9 Å². The summed E-state index contributed by atoms with van der Waals surface area (Å²) in [4.78, 5) is 5.82. The molecule has 1 N–H and O–H groups in total. The molecule has 0 spiro atoms. The first-order chi connectivity index (χ1) is 14.5. The predicted octanol–water partition coefficient (Wildman–Crippen LogP) is 5.80. The third-order valence-electron chi connectivity index (χ3n) is 4.18. The summed E-state index contributed by atoms with van der Waals surface area (Å²) in [6.07, 6.45) is 1.14. The van der Waals surface area contributed by atoms with Crippen molar-refractivity contribution in [1.82, 2.24) is 4.98 Å². The minimum atomic E-state index is -3.89. The highest BCUT2D eigenvalue weighted by atomic mass is 32.2.